The highest BCUT2D eigenvalue weighted by Crippen LogP contribution is 2.35. The summed E-state index contributed by atoms with van der Waals surface area (Å²) in [5, 5.41) is 7.54. The Hall–Kier alpha value is -0.940. The average molecular weight is 343 g/mol. The standard InChI is InChI=1S/C15H20BrFN2O/c1-3-19(11-4-6-20-7-5-11)15-10(2)13(16)8-14(17)12(15)9-18/h8-9,11,18H,3-7H2,1-2H3. The van der Waals surface area contributed by atoms with Crippen molar-refractivity contribution in [1.82, 2.24) is 0 Å². The lowest BCUT2D eigenvalue weighted by Crippen LogP contribution is -2.40. The van der Waals surface area contributed by atoms with Crippen LogP contribution in [-0.2, 0) is 4.74 Å². The number of nitrogens with one attached hydrogen (secondary N) is 1. The third-order valence-electron chi connectivity index (χ3n) is 3.88. The molecule has 1 heterocycles. The molecule has 1 aliphatic rings. The topological polar surface area (TPSA) is 36.3 Å². The van der Waals surface area contributed by atoms with Crippen LogP contribution in [0.3, 0.4) is 0 Å². The van der Waals surface area contributed by atoms with E-state index in [-0.39, 0.29) is 5.82 Å². The van der Waals surface area contributed by atoms with Crippen LogP contribution in [0.2, 0.25) is 0 Å². The zero-order chi connectivity index (χ0) is 14.7. The number of ether oxygens (including phenoxy) is 1. The van der Waals surface area contributed by atoms with Crippen LogP contribution in [0.1, 0.15) is 30.9 Å². The summed E-state index contributed by atoms with van der Waals surface area (Å²) in [6.45, 7) is 6.32. The molecule has 0 unspecified atom stereocenters. The van der Waals surface area contributed by atoms with E-state index in [1.807, 2.05) is 6.92 Å². The quantitative estimate of drug-likeness (QED) is 0.842. The average Bonchev–Trinajstić information content (AvgIpc) is 2.46. The smallest absolute Gasteiger partial charge is 0.135 e. The number of anilines is 1. The maximum Gasteiger partial charge on any atom is 0.135 e. The molecule has 0 saturated carbocycles. The van der Waals surface area contributed by atoms with Crippen LogP contribution in [0.5, 0.6) is 0 Å². The summed E-state index contributed by atoms with van der Waals surface area (Å²) in [6, 6.07) is 1.79. The molecule has 0 spiro atoms. The second kappa shape index (κ2) is 6.68. The first kappa shape index (κ1) is 15.4. The minimum atomic E-state index is -0.349. The van der Waals surface area contributed by atoms with Gasteiger partial charge < -0.3 is 15.0 Å². The van der Waals surface area contributed by atoms with Gasteiger partial charge in [0, 0.05) is 36.5 Å². The predicted octanol–water partition coefficient (Wildman–Crippen LogP) is 3.90. The van der Waals surface area contributed by atoms with Crippen molar-refractivity contribution in [3.05, 3.63) is 27.5 Å². The molecule has 2 rings (SSSR count). The van der Waals surface area contributed by atoms with Crippen molar-refractivity contribution in [3.63, 3.8) is 0 Å². The van der Waals surface area contributed by atoms with E-state index in [2.05, 4.69) is 27.8 Å². The van der Waals surface area contributed by atoms with Gasteiger partial charge in [-0.1, -0.05) is 15.9 Å². The van der Waals surface area contributed by atoms with Gasteiger partial charge in [-0.25, -0.2) is 4.39 Å². The van der Waals surface area contributed by atoms with Crippen LogP contribution in [0.25, 0.3) is 0 Å². The van der Waals surface area contributed by atoms with Crippen molar-refractivity contribution in [1.29, 1.82) is 5.41 Å². The number of benzene rings is 1. The lowest BCUT2D eigenvalue weighted by molar-refractivity contribution is 0.0846. The van der Waals surface area contributed by atoms with Gasteiger partial charge in [0.05, 0.1) is 11.3 Å². The van der Waals surface area contributed by atoms with Gasteiger partial charge in [0.2, 0.25) is 0 Å². The van der Waals surface area contributed by atoms with Gasteiger partial charge in [-0.05, 0) is 38.3 Å². The summed E-state index contributed by atoms with van der Waals surface area (Å²) < 4.78 is 20.3. The Labute approximate surface area is 127 Å². The summed E-state index contributed by atoms with van der Waals surface area (Å²) in [5.74, 6) is -0.349. The van der Waals surface area contributed by atoms with E-state index < -0.39 is 0 Å². The molecule has 0 aliphatic carbocycles. The lowest BCUT2D eigenvalue weighted by Gasteiger charge is -2.37. The molecule has 3 nitrogen and oxygen atoms in total. The van der Waals surface area contributed by atoms with Crippen LogP contribution in [0.15, 0.2) is 10.5 Å². The van der Waals surface area contributed by atoms with Gasteiger partial charge in [0.15, 0.2) is 0 Å². The highest BCUT2D eigenvalue weighted by molar-refractivity contribution is 9.10. The molecular weight excluding hydrogens is 323 g/mol. The van der Waals surface area contributed by atoms with Gasteiger partial charge in [0.1, 0.15) is 5.82 Å². The zero-order valence-electron chi connectivity index (χ0n) is 11.9. The van der Waals surface area contributed by atoms with E-state index in [9.17, 15) is 4.39 Å². The van der Waals surface area contributed by atoms with E-state index in [0.29, 0.717) is 11.6 Å². The van der Waals surface area contributed by atoms with Crippen molar-refractivity contribution >= 4 is 27.8 Å². The summed E-state index contributed by atoms with van der Waals surface area (Å²) in [6.07, 6.45) is 3.00. The normalized spacial score (nSPS) is 16.2. The molecule has 1 aliphatic heterocycles. The third-order valence-corrected chi connectivity index (χ3v) is 4.71. The molecule has 110 valence electrons. The molecule has 1 aromatic rings. The van der Waals surface area contributed by atoms with Gasteiger partial charge in [-0.15, -0.1) is 0 Å². The number of hydrogen-bond donors (Lipinski definition) is 1. The summed E-state index contributed by atoms with van der Waals surface area (Å²) in [4.78, 5) is 2.21. The van der Waals surface area contributed by atoms with Crippen molar-refractivity contribution in [2.45, 2.75) is 32.7 Å². The van der Waals surface area contributed by atoms with E-state index in [1.165, 1.54) is 6.07 Å². The monoisotopic (exact) mass is 342 g/mol. The van der Waals surface area contributed by atoms with Crippen LogP contribution in [0, 0.1) is 18.2 Å². The SMILES string of the molecule is CCN(c1c(C)c(Br)cc(F)c1C=N)C1CCOCC1. The molecular formula is C15H20BrFN2O. The van der Waals surface area contributed by atoms with Gasteiger partial charge in [-0.2, -0.15) is 0 Å². The zero-order valence-corrected chi connectivity index (χ0v) is 13.5. The number of rotatable bonds is 4. The number of hydrogen-bond acceptors (Lipinski definition) is 3. The molecule has 20 heavy (non-hydrogen) atoms. The van der Waals surface area contributed by atoms with Gasteiger partial charge in [0.25, 0.3) is 0 Å². The Bertz CT molecular complexity index is 501. The minimum Gasteiger partial charge on any atom is -0.381 e. The van der Waals surface area contributed by atoms with E-state index in [0.717, 1.165) is 54.5 Å². The van der Waals surface area contributed by atoms with Crippen LogP contribution in [-0.4, -0.2) is 32.0 Å². The Morgan fingerprint density at radius 2 is 2.15 bits per heavy atom. The summed E-state index contributed by atoms with van der Waals surface area (Å²) in [5.41, 5.74) is 2.19. The number of nitrogens with zero attached hydrogens (tertiary/aromatic N) is 1. The van der Waals surface area contributed by atoms with Crippen molar-refractivity contribution in [2.75, 3.05) is 24.7 Å². The van der Waals surface area contributed by atoms with Crippen molar-refractivity contribution in [3.8, 4) is 0 Å². The van der Waals surface area contributed by atoms with E-state index in [4.69, 9.17) is 10.1 Å². The van der Waals surface area contributed by atoms with Crippen LogP contribution >= 0.6 is 15.9 Å². The molecule has 0 bridgehead atoms. The fourth-order valence-corrected chi connectivity index (χ4v) is 3.22. The highest BCUT2D eigenvalue weighted by Gasteiger charge is 2.25. The highest BCUT2D eigenvalue weighted by atomic mass is 79.9. The maximum absolute atomic E-state index is 14.1. The Morgan fingerprint density at radius 3 is 2.70 bits per heavy atom. The second-order valence-electron chi connectivity index (χ2n) is 5.00. The minimum absolute atomic E-state index is 0.347. The molecule has 0 aromatic heterocycles. The largest absolute Gasteiger partial charge is 0.381 e. The Morgan fingerprint density at radius 1 is 1.50 bits per heavy atom. The second-order valence-corrected chi connectivity index (χ2v) is 5.86. The Kier molecular flexibility index (Phi) is 5.16. The first-order valence-electron chi connectivity index (χ1n) is 6.93. The van der Waals surface area contributed by atoms with Crippen molar-refractivity contribution in [2.24, 2.45) is 0 Å². The summed E-state index contributed by atoms with van der Waals surface area (Å²) in [7, 11) is 0. The molecule has 0 radical (unpaired) electrons. The van der Waals surface area contributed by atoms with Gasteiger partial charge in [-0.3, -0.25) is 0 Å². The first-order chi connectivity index (χ1) is 9.60. The van der Waals surface area contributed by atoms with E-state index >= 15 is 0 Å². The molecule has 0 atom stereocenters. The van der Waals surface area contributed by atoms with Gasteiger partial charge >= 0.3 is 0 Å². The Balaban J connectivity index is 2.49. The maximum atomic E-state index is 14.1. The number of halogens is 2. The van der Waals surface area contributed by atoms with Crippen molar-refractivity contribution < 1.29 is 9.13 Å². The first-order valence-corrected chi connectivity index (χ1v) is 7.72. The third kappa shape index (κ3) is 2.88. The predicted molar refractivity (Wildman–Crippen MR) is 83.6 cm³/mol. The molecule has 1 N–H and O–H groups in total. The lowest BCUT2D eigenvalue weighted by atomic mass is 10.0. The molecule has 0 amide bonds. The summed E-state index contributed by atoms with van der Waals surface area (Å²) >= 11 is 3.42. The fraction of sp³-hybridized carbons (Fsp3) is 0.533. The molecule has 1 saturated heterocycles. The molecule has 5 heteroatoms. The van der Waals surface area contributed by atoms with Crippen LogP contribution < -0.4 is 4.90 Å². The molecule has 1 aromatic carbocycles. The van der Waals surface area contributed by atoms with E-state index in [1.54, 1.807) is 0 Å². The fourth-order valence-electron chi connectivity index (χ4n) is 2.83. The van der Waals surface area contributed by atoms with Crippen LogP contribution in [0.4, 0.5) is 10.1 Å². The molecule has 1 fully saturated rings.